The molecule has 2 unspecified atom stereocenters. The molecule has 132 valence electrons. The number of hydrogen-bond acceptors (Lipinski definition) is 6. The fourth-order valence-electron chi connectivity index (χ4n) is 3.49. The lowest BCUT2D eigenvalue weighted by Crippen LogP contribution is -2.47. The molecule has 0 aromatic rings. The minimum Gasteiger partial charge on any atom is -0.461 e. The molecule has 2 N–H and O–H groups in total. The number of carbonyl (C=O) groups excluding carboxylic acids is 2. The van der Waals surface area contributed by atoms with E-state index in [0.29, 0.717) is 12.0 Å². The van der Waals surface area contributed by atoms with Crippen LogP contribution in [0.1, 0.15) is 13.3 Å². The third-order valence-corrected chi connectivity index (χ3v) is 4.90. The van der Waals surface area contributed by atoms with Crippen LogP contribution in [-0.2, 0) is 19.1 Å². The molecule has 1 heterocycles. The quantitative estimate of drug-likeness (QED) is 0.427. The number of aliphatic hydroxyl groups is 2. The second-order valence-electron chi connectivity index (χ2n) is 6.46. The first kappa shape index (κ1) is 18.4. The van der Waals surface area contributed by atoms with Crippen LogP contribution in [0.4, 0.5) is 0 Å². The van der Waals surface area contributed by atoms with Gasteiger partial charge in [0, 0.05) is 11.5 Å². The number of allylic oxidation sites excluding steroid dienone is 1. The summed E-state index contributed by atoms with van der Waals surface area (Å²) in [5.41, 5.74) is 0.804. The Balaban J connectivity index is 2.32. The van der Waals surface area contributed by atoms with Crippen molar-refractivity contribution in [2.45, 2.75) is 25.6 Å². The second-order valence-corrected chi connectivity index (χ2v) is 6.46. The van der Waals surface area contributed by atoms with Gasteiger partial charge in [-0.2, -0.15) is 0 Å². The lowest BCUT2D eigenvalue weighted by molar-refractivity contribution is -0.164. The van der Waals surface area contributed by atoms with Crippen LogP contribution in [0.25, 0.3) is 0 Å². The van der Waals surface area contributed by atoms with Gasteiger partial charge in [0.1, 0.15) is 12.2 Å². The van der Waals surface area contributed by atoms with Crippen LogP contribution in [0.5, 0.6) is 0 Å². The van der Waals surface area contributed by atoms with Gasteiger partial charge in [0.25, 0.3) is 0 Å². The molecule has 0 aromatic heterocycles. The van der Waals surface area contributed by atoms with E-state index in [0.717, 1.165) is 0 Å². The number of fused-ring (bicyclic) bond motifs is 1. The van der Waals surface area contributed by atoms with Gasteiger partial charge in [-0.05, 0) is 24.8 Å². The fourth-order valence-corrected chi connectivity index (χ4v) is 3.49. The maximum absolute atomic E-state index is 12.1. The lowest BCUT2D eigenvalue weighted by atomic mass is 9.67. The molecular formula is C18H24O6. The maximum atomic E-state index is 12.1. The first-order valence-electron chi connectivity index (χ1n) is 7.97. The highest BCUT2D eigenvalue weighted by molar-refractivity contribution is 5.91. The number of hydrogen-bond donors (Lipinski definition) is 2. The molecule has 1 aliphatic carbocycles. The molecule has 6 atom stereocenters. The van der Waals surface area contributed by atoms with Crippen molar-refractivity contribution < 1.29 is 29.3 Å². The minimum absolute atomic E-state index is 0.160. The van der Waals surface area contributed by atoms with Gasteiger partial charge in [0.15, 0.2) is 0 Å². The number of ether oxygens (including phenoxy) is 2. The Kier molecular flexibility index (Phi) is 5.62. The molecule has 0 aromatic carbocycles. The molecule has 1 saturated heterocycles. The van der Waals surface area contributed by atoms with Crippen molar-refractivity contribution in [3.8, 4) is 0 Å². The highest BCUT2D eigenvalue weighted by atomic mass is 16.6. The second kappa shape index (κ2) is 7.32. The molecule has 0 radical (unpaired) electrons. The molecule has 24 heavy (non-hydrogen) atoms. The third kappa shape index (κ3) is 3.16. The zero-order chi connectivity index (χ0) is 18.0. The molecule has 6 nitrogen and oxygen atoms in total. The summed E-state index contributed by atoms with van der Waals surface area (Å²) in [4.78, 5) is 24.1. The highest BCUT2D eigenvalue weighted by Gasteiger charge is 2.54. The van der Waals surface area contributed by atoms with Crippen molar-refractivity contribution >= 4 is 11.9 Å². The van der Waals surface area contributed by atoms with Gasteiger partial charge in [-0.25, -0.2) is 4.79 Å². The number of esters is 2. The predicted molar refractivity (Wildman–Crippen MR) is 86.7 cm³/mol. The summed E-state index contributed by atoms with van der Waals surface area (Å²) in [7, 11) is 0. The normalized spacial score (nSPS) is 33.4. The molecular weight excluding hydrogens is 312 g/mol. The van der Waals surface area contributed by atoms with Gasteiger partial charge in [-0.1, -0.05) is 19.2 Å². The largest absolute Gasteiger partial charge is 0.461 e. The van der Waals surface area contributed by atoms with Crippen LogP contribution in [0, 0.1) is 23.7 Å². The van der Waals surface area contributed by atoms with Crippen LogP contribution < -0.4 is 0 Å². The first-order chi connectivity index (χ1) is 11.3. The maximum Gasteiger partial charge on any atom is 0.334 e. The van der Waals surface area contributed by atoms with E-state index in [1.807, 2.05) is 0 Å². The lowest BCUT2D eigenvalue weighted by Gasteiger charge is -2.42. The van der Waals surface area contributed by atoms with Crippen molar-refractivity contribution in [1.82, 2.24) is 0 Å². The Bertz CT molecular complexity index is 566. The Labute approximate surface area is 141 Å². The Morgan fingerprint density at radius 2 is 2.17 bits per heavy atom. The molecule has 6 heteroatoms. The molecule has 2 aliphatic rings. The monoisotopic (exact) mass is 336 g/mol. The van der Waals surface area contributed by atoms with Crippen LogP contribution in [0.3, 0.4) is 0 Å². The summed E-state index contributed by atoms with van der Waals surface area (Å²) in [6, 6.07) is 0. The molecule has 0 spiro atoms. The predicted octanol–water partition coefficient (Wildman–Crippen LogP) is 0.995. The Morgan fingerprint density at radius 3 is 2.71 bits per heavy atom. The van der Waals surface area contributed by atoms with Gasteiger partial charge in [-0.3, -0.25) is 4.79 Å². The summed E-state index contributed by atoms with van der Waals surface area (Å²) in [6.45, 7) is 12.5. The molecule has 0 amide bonds. The van der Waals surface area contributed by atoms with Gasteiger partial charge in [-0.15, -0.1) is 6.58 Å². The van der Waals surface area contributed by atoms with Crippen molar-refractivity contribution in [1.29, 1.82) is 0 Å². The average molecular weight is 336 g/mol. The minimum atomic E-state index is -0.651. The number of rotatable bonds is 6. The third-order valence-electron chi connectivity index (χ3n) is 4.90. The number of carbonyl (C=O) groups is 2. The summed E-state index contributed by atoms with van der Waals surface area (Å²) in [6.07, 6.45) is 0.936. The van der Waals surface area contributed by atoms with Gasteiger partial charge >= 0.3 is 11.9 Å². The van der Waals surface area contributed by atoms with Crippen molar-refractivity contribution in [2.75, 3.05) is 13.2 Å². The van der Waals surface area contributed by atoms with E-state index in [2.05, 4.69) is 19.7 Å². The molecule has 2 fully saturated rings. The Morgan fingerprint density at radius 1 is 1.50 bits per heavy atom. The summed E-state index contributed by atoms with van der Waals surface area (Å²) in [5.74, 6) is -2.66. The van der Waals surface area contributed by atoms with E-state index in [1.54, 1.807) is 13.0 Å². The summed E-state index contributed by atoms with van der Waals surface area (Å²) < 4.78 is 11.0. The topological polar surface area (TPSA) is 93.1 Å². The average Bonchev–Trinajstić information content (AvgIpc) is 2.87. The van der Waals surface area contributed by atoms with Crippen LogP contribution in [0.2, 0.25) is 0 Å². The summed E-state index contributed by atoms with van der Waals surface area (Å²) in [5, 5.41) is 18.6. The van der Waals surface area contributed by atoms with Crippen molar-refractivity contribution in [2.24, 2.45) is 23.7 Å². The van der Waals surface area contributed by atoms with E-state index >= 15 is 0 Å². The first-order valence-corrected chi connectivity index (χ1v) is 7.97. The fraction of sp³-hybridized carbons (Fsp3) is 0.556. The van der Waals surface area contributed by atoms with E-state index in [9.17, 15) is 14.7 Å². The van der Waals surface area contributed by atoms with E-state index < -0.39 is 36.0 Å². The van der Waals surface area contributed by atoms with Crippen LogP contribution >= 0.6 is 0 Å². The standard InChI is InChI=1S/C18H24O6/c1-5-12-6-13(23-17(21)10(3)8-20)15-11(4)18(22)24-16(15)14(12)9(2)7-19/h5,10,12-16,19-20H,1-2,4,6-8H2,3H3/t10?,12-,13+,14+,15?,16-/m1/s1. The highest BCUT2D eigenvalue weighted by Crippen LogP contribution is 2.47. The zero-order valence-corrected chi connectivity index (χ0v) is 13.8. The molecule has 0 bridgehead atoms. The zero-order valence-electron chi connectivity index (χ0n) is 13.8. The smallest absolute Gasteiger partial charge is 0.334 e. The van der Waals surface area contributed by atoms with Gasteiger partial charge in [0.05, 0.1) is 25.0 Å². The SMILES string of the molecule is C=C[C@@H]1C[C@H](OC(=O)C(C)CO)C2C(=C)C(=O)O[C@@H]2[C@H]1C(=C)CO. The van der Waals surface area contributed by atoms with Crippen molar-refractivity contribution in [3.05, 3.63) is 37.0 Å². The van der Waals surface area contributed by atoms with Crippen LogP contribution in [-0.4, -0.2) is 47.6 Å². The molecule has 1 aliphatic heterocycles. The van der Waals surface area contributed by atoms with E-state index in [-0.39, 0.29) is 30.6 Å². The summed E-state index contributed by atoms with van der Waals surface area (Å²) >= 11 is 0. The van der Waals surface area contributed by atoms with E-state index in [1.165, 1.54) is 0 Å². The van der Waals surface area contributed by atoms with Crippen molar-refractivity contribution in [3.63, 3.8) is 0 Å². The number of aliphatic hydroxyl groups excluding tert-OH is 2. The van der Waals surface area contributed by atoms with E-state index in [4.69, 9.17) is 14.6 Å². The van der Waals surface area contributed by atoms with Gasteiger partial charge in [0.2, 0.25) is 0 Å². The van der Waals surface area contributed by atoms with Crippen LogP contribution in [0.15, 0.2) is 37.0 Å². The van der Waals surface area contributed by atoms with Gasteiger partial charge < -0.3 is 19.7 Å². The molecule has 2 rings (SSSR count). The Hall–Kier alpha value is -1.92. The molecule has 1 saturated carbocycles.